The Hall–Kier alpha value is -0.760. The van der Waals surface area contributed by atoms with Gasteiger partial charge in [0, 0.05) is 42.9 Å². The van der Waals surface area contributed by atoms with E-state index in [4.69, 9.17) is 4.98 Å². The van der Waals surface area contributed by atoms with Crippen LogP contribution in [0.15, 0.2) is 6.20 Å². The minimum absolute atomic E-state index is 0. The van der Waals surface area contributed by atoms with E-state index in [1.165, 1.54) is 0 Å². The summed E-state index contributed by atoms with van der Waals surface area (Å²) in [6.45, 7) is 6.67. The summed E-state index contributed by atoms with van der Waals surface area (Å²) in [4.78, 5) is 9.29. The predicted octanol–water partition coefficient (Wildman–Crippen LogP) is 1.85. The standard InChI is InChI=1S/C16H26N4O2S.ClH/c1-3-12(2)23(21,22)20-9-6-15-14(11-20)10-18-16(19-15)13-4-7-17-8-5-13;/h10,12-13,17H,3-9,11H2,1-2H3;1H. The van der Waals surface area contributed by atoms with Gasteiger partial charge < -0.3 is 5.32 Å². The van der Waals surface area contributed by atoms with Crippen molar-refractivity contribution in [2.75, 3.05) is 19.6 Å². The molecular weight excluding hydrogens is 348 g/mol. The number of halogens is 1. The summed E-state index contributed by atoms with van der Waals surface area (Å²) in [6.07, 6.45) is 5.32. The smallest absolute Gasteiger partial charge is 0.217 e. The molecule has 0 amide bonds. The number of hydrogen-bond donors (Lipinski definition) is 1. The zero-order valence-corrected chi connectivity index (χ0v) is 16.0. The molecule has 1 atom stereocenters. The van der Waals surface area contributed by atoms with Gasteiger partial charge in [0.1, 0.15) is 5.82 Å². The van der Waals surface area contributed by atoms with Gasteiger partial charge in [-0.15, -0.1) is 12.4 Å². The average Bonchev–Trinajstić information content (AvgIpc) is 2.60. The first-order valence-electron chi connectivity index (χ1n) is 8.56. The first-order chi connectivity index (χ1) is 11.0. The summed E-state index contributed by atoms with van der Waals surface area (Å²) < 4.78 is 26.6. The molecule has 0 aromatic carbocycles. The van der Waals surface area contributed by atoms with E-state index < -0.39 is 10.0 Å². The number of aromatic nitrogens is 2. The van der Waals surface area contributed by atoms with Crippen LogP contribution in [0.3, 0.4) is 0 Å². The fourth-order valence-corrected chi connectivity index (χ4v) is 4.86. The van der Waals surface area contributed by atoms with Crippen molar-refractivity contribution in [3.63, 3.8) is 0 Å². The number of fused-ring (bicyclic) bond motifs is 1. The molecule has 1 aromatic heterocycles. The zero-order chi connectivity index (χ0) is 16.4. The van der Waals surface area contributed by atoms with Gasteiger partial charge >= 0.3 is 0 Å². The molecule has 0 aliphatic carbocycles. The molecular formula is C16H27ClN4O2S. The molecule has 136 valence electrons. The van der Waals surface area contributed by atoms with Crippen molar-refractivity contribution in [1.82, 2.24) is 19.6 Å². The van der Waals surface area contributed by atoms with Crippen molar-refractivity contribution in [1.29, 1.82) is 0 Å². The molecule has 8 heteroatoms. The molecule has 1 unspecified atom stereocenters. The first-order valence-corrected chi connectivity index (χ1v) is 10.1. The van der Waals surface area contributed by atoms with Gasteiger partial charge in [0.15, 0.2) is 0 Å². The highest BCUT2D eigenvalue weighted by atomic mass is 35.5. The summed E-state index contributed by atoms with van der Waals surface area (Å²) in [5, 5.41) is 3.02. The van der Waals surface area contributed by atoms with Crippen LogP contribution in [-0.2, 0) is 23.0 Å². The molecule has 1 fully saturated rings. The number of piperidine rings is 1. The van der Waals surface area contributed by atoms with Crippen LogP contribution in [0.1, 0.15) is 56.1 Å². The van der Waals surface area contributed by atoms with E-state index in [9.17, 15) is 8.42 Å². The lowest BCUT2D eigenvalue weighted by atomic mass is 9.96. The van der Waals surface area contributed by atoms with E-state index in [1.807, 2.05) is 13.1 Å². The monoisotopic (exact) mass is 374 g/mol. The molecule has 2 aliphatic rings. The van der Waals surface area contributed by atoms with E-state index >= 15 is 0 Å². The lowest BCUT2D eigenvalue weighted by Crippen LogP contribution is -2.41. The van der Waals surface area contributed by atoms with Crippen LogP contribution in [0, 0.1) is 0 Å². The van der Waals surface area contributed by atoms with Crippen LogP contribution in [0.5, 0.6) is 0 Å². The maximum atomic E-state index is 12.5. The van der Waals surface area contributed by atoms with Crippen molar-refractivity contribution in [2.45, 2.75) is 57.2 Å². The van der Waals surface area contributed by atoms with E-state index in [0.29, 0.717) is 31.8 Å². The third-order valence-corrected chi connectivity index (χ3v) is 7.45. The second kappa shape index (κ2) is 8.08. The van der Waals surface area contributed by atoms with Gasteiger partial charge in [-0.3, -0.25) is 0 Å². The Labute approximate surface area is 150 Å². The van der Waals surface area contributed by atoms with Gasteiger partial charge in [-0.25, -0.2) is 18.4 Å². The molecule has 1 aromatic rings. The van der Waals surface area contributed by atoms with E-state index in [-0.39, 0.29) is 17.7 Å². The minimum Gasteiger partial charge on any atom is -0.317 e. The lowest BCUT2D eigenvalue weighted by molar-refractivity contribution is 0.377. The molecule has 3 heterocycles. The summed E-state index contributed by atoms with van der Waals surface area (Å²) in [7, 11) is -3.22. The highest BCUT2D eigenvalue weighted by molar-refractivity contribution is 7.89. The van der Waals surface area contributed by atoms with Crippen LogP contribution in [-0.4, -0.2) is 47.6 Å². The van der Waals surface area contributed by atoms with Crippen molar-refractivity contribution in [2.24, 2.45) is 0 Å². The normalized spacial score (nSPS) is 20.9. The van der Waals surface area contributed by atoms with Crippen LogP contribution < -0.4 is 5.32 Å². The molecule has 1 N–H and O–H groups in total. The fraction of sp³-hybridized carbons (Fsp3) is 0.750. The van der Waals surface area contributed by atoms with E-state index in [0.717, 1.165) is 43.0 Å². The number of rotatable bonds is 4. The Morgan fingerprint density at radius 2 is 2.08 bits per heavy atom. The average molecular weight is 375 g/mol. The topological polar surface area (TPSA) is 75.2 Å². The Kier molecular flexibility index (Phi) is 6.59. The van der Waals surface area contributed by atoms with Crippen molar-refractivity contribution < 1.29 is 8.42 Å². The van der Waals surface area contributed by atoms with Gasteiger partial charge in [-0.2, -0.15) is 4.31 Å². The molecule has 3 rings (SSSR count). The number of nitrogens with zero attached hydrogens (tertiary/aromatic N) is 3. The number of nitrogens with one attached hydrogen (secondary N) is 1. The van der Waals surface area contributed by atoms with Crippen molar-refractivity contribution >= 4 is 22.4 Å². The SMILES string of the molecule is CCC(C)S(=O)(=O)N1CCc2nc(C3CCNCC3)ncc2C1.Cl. The molecule has 2 aliphatic heterocycles. The van der Waals surface area contributed by atoms with Gasteiger partial charge in [0.25, 0.3) is 0 Å². The first kappa shape index (κ1) is 19.6. The number of sulfonamides is 1. The van der Waals surface area contributed by atoms with Crippen molar-refractivity contribution in [3.05, 3.63) is 23.3 Å². The molecule has 0 saturated carbocycles. The highest BCUT2D eigenvalue weighted by Crippen LogP contribution is 2.26. The molecule has 0 spiro atoms. The van der Waals surface area contributed by atoms with Gasteiger partial charge in [0.05, 0.1) is 5.25 Å². The summed E-state index contributed by atoms with van der Waals surface area (Å²) in [6, 6.07) is 0. The maximum Gasteiger partial charge on any atom is 0.217 e. The van der Waals surface area contributed by atoms with Gasteiger partial charge in [-0.05, 0) is 39.3 Å². The second-order valence-electron chi connectivity index (χ2n) is 6.57. The Morgan fingerprint density at radius 1 is 1.38 bits per heavy atom. The van der Waals surface area contributed by atoms with Crippen LogP contribution in [0.25, 0.3) is 0 Å². The van der Waals surface area contributed by atoms with E-state index in [2.05, 4.69) is 10.3 Å². The fourth-order valence-electron chi connectivity index (χ4n) is 3.26. The molecule has 0 bridgehead atoms. The van der Waals surface area contributed by atoms with Crippen LogP contribution in [0.4, 0.5) is 0 Å². The molecule has 0 radical (unpaired) electrons. The summed E-state index contributed by atoms with van der Waals surface area (Å²) >= 11 is 0. The minimum atomic E-state index is -3.22. The zero-order valence-electron chi connectivity index (χ0n) is 14.4. The molecule has 24 heavy (non-hydrogen) atoms. The summed E-state index contributed by atoms with van der Waals surface area (Å²) in [5.74, 6) is 1.37. The molecule has 1 saturated heterocycles. The van der Waals surface area contributed by atoms with Gasteiger partial charge in [-0.1, -0.05) is 6.92 Å². The maximum absolute atomic E-state index is 12.5. The van der Waals surface area contributed by atoms with Crippen LogP contribution >= 0.6 is 12.4 Å². The van der Waals surface area contributed by atoms with Crippen molar-refractivity contribution in [3.8, 4) is 0 Å². The van der Waals surface area contributed by atoms with Crippen LogP contribution in [0.2, 0.25) is 0 Å². The highest BCUT2D eigenvalue weighted by Gasteiger charge is 2.31. The Morgan fingerprint density at radius 3 is 2.75 bits per heavy atom. The third kappa shape index (κ3) is 3.90. The number of hydrogen-bond acceptors (Lipinski definition) is 5. The largest absolute Gasteiger partial charge is 0.317 e. The predicted molar refractivity (Wildman–Crippen MR) is 96.9 cm³/mol. The van der Waals surface area contributed by atoms with E-state index in [1.54, 1.807) is 11.2 Å². The second-order valence-corrected chi connectivity index (χ2v) is 8.92. The van der Waals surface area contributed by atoms with Gasteiger partial charge in [0.2, 0.25) is 10.0 Å². The summed E-state index contributed by atoms with van der Waals surface area (Å²) in [5.41, 5.74) is 1.99. The third-order valence-electron chi connectivity index (χ3n) is 5.07. The Bertz CT molecular complexity index is 662. The lowest BCUT2D eigenvalue weighted by Gasteiger charge is -2.30. The Balaban J connectivity index is 0.00000208. The quantitative estimate of drug-likeness (QED) is 0.870. The molecule has 6 nitrogen and oxygen atoms in total.